The summed E-state index contributed by atoms with van der Waals surface area (Å²) in [5, 5.41) is 3.65. The number of esters is 1. The molecule has 0 spiro atoms. The Balaban J connectivity index is 1.50. The molecule has 0 saturated heterocycles. The number of ether oxygens (including phenoxy) is 1. The number of fused-ring (bicyclic) bond motifs is 1. The second-order valence-electron chi connectivity index (χ2n) is 7.23. The Kier molecular flexibility index (Phi) is 6.03. The minimum absolute atomic E-state index is 0.328. The molecular weight excluding hydrogens is 388 g/mol. The molecule has 1 atom stereocenters. The van der Waals surface area contributed by atoms with Gasteiger partial charge in [-0.2, -0.15) is 0 Å². The molecule has 3 aromatic carbocycles. The van der Waals surface area contributed by atoms with Gasteiger partial charge in [0.1, 0.15) is 6.04 Å². The standard InChI is InChI=1S/C26H22N2O3/c1-31-26(30)24(15-18-11-13-20(14-12-18)19-7-3-2-4-8-19)28-25(29)22-16-21-9-5-6-10-23(21)27-17-22/h2-14,16-17,24H,15H2,1H3,(H,28,29)/t24-/m0/s1. The van der Waals surface area contributed by atoms with Gasteiger partial charge in [-0.1, -0.05) is 72.8 Å². The maximum Gasteiger partial charge on any atom is 0.328 e. The van der Waals surface area contributed by atoms with E-state index in [4.69, 9.17) is 4.74 Å². The van der Waals surface area contributed by atoms with Gasteiger partial charge in [-0.3, -0.25) is 9.78 Å². The molecule has 1 N–H and O–H groups in total. The first kappa shape index (κ1) is 20.3. The lowest BCUT2D eigenvalue weighted by atomic mass is 10.0. The summed E-state index contributed by atoms with van der Waals surface area (Å²) in [6, 6.07) is 26.5. The lowest BCUT2D eigenvalue weighted by Crippen LogP contribution is -2.43. The molecule has 4 aromatic rings. The van der Waals surface area contributed by atoms with Crippen LogP contribution in [0.1, 0.15) is 15.9 Å². The maximum atomic E-state index is 12.8. The van der Waals surface area contributed by atoms with Crippen molar-refractivity contribution in [3.8, 4) is 11.1 Å². The average molecular weight is 410 g/mol. The Hall–Kier alpha value is -3.99. The molecular formula is C26H22N2O3. The highest BCUT2D eigenvalue weighted by atomic mass is 16.5. The molecule has 0 saturated carbocycles. The molecule has 0 unspecified atom stereocenters. The highest BCUT2D eigenvalue weighted by molar-refractivity contribution is 5.99. The molecule has 4 rings (SSSR count). The van der Waals surface area contributed by atoms with Crippen LogP contribution in [0.15, 0.2) is 91.1 Å². The minimum atomic E-state index is -0.799. The summed E-state index contributed by atoms with van der Waals surface area (Å²) in [5.41, 5.74) is 4.34. The summed E-state index contributed by atoms with van der Waals surface area (Å²) in [6.07, 6.45) is 1.84. The number of methoxy groups -OCH3 is 1. The van der Waals surface area contributed by atoms with E-state index in [-0.39, 0.29) is 5.91 Å². The van der Waals surface area contributed by atoms with Crippen LogP contribution in [-0.4, -0.2) is 30.0 Å². The molecule has 154 valence electrons. The normalized spacial score (nSPS) is 11.6. The fraction of sp³-hybridized carbons (Fsp3) is 0.115. The minimum Gasteiger partial charge on any atom is -0.467 e. The van der Waals surface area contributed by atoms with E-state index in [1.165, 1.54) is 13.3 Å². The number of amides is 1. The Morgan fingerprint density at radius 3 is 2.32 bits per heavy atom. The highest BCUT2D eigenvalue weighted by Gasteiger charge is 2.23. The molecule has 0 radical (unpaired) electrons. The number of nitrogens with one attached hydrogen (secondary N) is 1. The largest absolute Gasteiger partial charge is 0.467 e. The van der Waals surface area contributed by atoms with Crippen LogP contribution in [0.3, 0.4) is 0 Å². The van der Waals surface area contributed by atoms with Crippen LogP contribution in [0, 0.1) is 0 Å². The third-order valence-corrected chi connectivity index (χ3v) is 5.14. The van der Waals surface area contributed by atoms with E-state index in [0.29, 0.717) is 12.0 Å². The molecule has 0 fully saturated rings. The van der Waals surface area contributed by atoms with E-state index in [0.717, 1.165) is 27.6 Å². The lowest BCUT2D eigenvalue weighted by Gasteiger charge is -2.17. The quantitative estimate of drug-likeness (QED) is 0.478. The van der Waals surface area contributed by atoms with Crippen molar-refractivity contribution >= 4 is 22.8 Å². The van der Waals surface area contributed by atoms with Gasteiger partial charge in [0.25, 0.3) is 5.91 Å². The number of carbonyl (C=O) groups excluding carboxylic acids is 2. The predicted molar refractivity (Wildman–Crippen MR) is 121 cm³/mol. The van der Waals surface area contributed by atoms with Crippen LogP contribution in [0.5, 0.6) is 0 Å². The van der Waals surface area contributed by atoms with Gasteiger partial charge in [-0.05, 0) is 28.8 Å². The topological polar surface area (TPSA) is 68.3 Å². The zero-order valence-electron chi connectivity index (χ0n) is 17.1. The number of benzene rings is 3. The number of hydrogen-bond donors (Lipinski definition) is 1. The maximum absolute atomic E-state index is 12.8. The molecule has 1 heterocycles. The molecule has 5 heteroatoms. The van der Waals surface area contributed by atoms with E-state index in [2.05, 4.69) is 10.3 Å². The van der Waals surface area contributed by atoms with Crippen molar-refractivity contribution in [3.63, 3.8) is 0 Å². The summed E-state index contributed by atoms with van der Waals surface area (Å²) in [4.78, 5) is 29.4. The number of pyridine rings is 1. The number of aromatic nitrogens is 1. The molecule has 5 nitrogen and oxygen atoms in total. The van der Waals surface area contributed by atoms with E-state index in [1.54, 1.807) is 6.07 Å². The first-order chi connectivity index (χ1) is 15.1. The van der Waals surface area contributed by atoms with Crippen LogP contribution in [0.4, 0.5) is 0 Å². The number of rotatable bonds is 6. The number of hydrogen-bond acceptors (Lipinski definition) is 4. The smallest absolute Gasteiger partial charge is 0.328 e. The van der Waals surface area contributed by atoms with E-state index in [9.17, 15) is 9.59 Å². The van der Waals surface area contributed by atoms with Crippen LogP contribution < -0.4 is 5.32 Å². The highest BCUT2D eigenvalue weighted by Crippen LogP contribution is 2.20. The fourth-order valence-electron chi connectivity index (χ4n) is 3.47. The van der Waals surface area contributed by atoms with Gasteiger partial charge in [0, 0.05) is 18.0 Å². The van der Waals surface area contributed by atoms with Crippen molar-refractivity contribution in [2.45, 2.75) is 12.5 Å². The summed E-state index contributed by atoms with van der Waals surface area (Å²) < 4.78 is 4.92. The van der Waals surface area contributed by atoms with E-state index < -0.39 is 12.0 Å². The zero-order valence-corrected chi connectivity index (χ0v) is 17.1. The van der Waals surface area contributed by atoms with Crippen molar-refractivity contribution in [3.05, 3.63) is 102 Å². The Morgan fingerprint density at radius 1 is 0.903 bits per heavy atom. The third-order valence-electron chi connectivity index (χ3n) is 5.14. The van der Waals surface area contributed by atoms with Crippen molar-refractivity contribution in [1.29, 1.82) is 0 Å². The average Bonchev–Trinajstić information content (AvgIpc) is 2.83. The first-order valence-corrected chi connectivity index (χ1v) is 10.0. The third kappa shape index (κ3) is 4.78. The molecule has 0 aliphatic heterocycles. The van der Waals surface area contributed by atoms with Gasteiger partial charge in [0.15, 0.2) is 0 Å². The second-order valence-corrected chi connectivity index (χ2v) is 7.23. The Labute approximate surface area is 180 Å². The SMILES string of the molecule is COC(=O)[C@H](Cc1ccc(-c2ccccc2)cc1)NC(=O)c1cnc2ccccc2c1. The van der Waals surface area contributed by atoms with Crippen LogP contribution >= 0.6 is 0 Å². The molecule has 1 aromatic heterocycles. The second kappa shape index (κ2) is 9.22. The Bertz CT molecular complexity index is 1200. The van der Waals surface area contributed by atoms with Gasteiger partial charge in [0.05, 0.1) is 18.2 Å². The molecule has 31 heavy (non-hydrogen) atoms. The zero-order chi connectivity index (χ0) is 21.6. The van der Waals surface area contributed by atoms with Gasteiger partial charge >= 0.3 is 5.97 Å². The van der Waals surface area contributed by atoms with Gasteiger partial charge in [0.2, 0.25) is 0 Å². The first-order valence-electron chi connectivity index (χ1n) is 10.0. The fourth-order valence-corrected chi connectivity index (χ4v) is 3.47. The number of para-hydroxylation sites is 1. The van der Waals surface area contributed by atoms with Crippen molar-refractivity contribution < 1.29 is 14.3 Å². The van der Waals surface area contributed by atoms with Crippen LogP contribution in [0.25, 0.3) is 22.0 Å². The van der Waals surface area contributed by atoms with E-state index >= 15 is 0 Å². The van der Waals surface area contributed by atoms with Crippen LogP contribution in [-0.2, 0) is 16.0 Å². The lowest BCUT2D eigenvalue weighted by molar-refractivity contribution is -0.142. The Morgan fingerprint density at radius 2 is 1.58 bits per heavy atom. The predicted octanol–water partition coefficient (Wildman–Crippen LogP) is 4.42. The van der Waals surface area contributed by atoms with Crippen molar-refractivity contribution in [1.82, 2.24) is 10.3 Å². The van der Waals surface area contributed by atoms with Crippen molar-refractivity contribution in [2.24, 2.45) is 0 Å². The van der Waals surface area contributed by atoms with Crippen LogP contribution in [0.2, 0.25) is 0 Å². The summed E-state index contributed by atoms with van der Waals surface area (Å²) in [7, 11) is 1.32. The summed E-state index contributed by atoms with van der Waals surface area (Å²) in [6.45, 7) is 0. The van der Waals surface area contributed by atoms with Gasteiger partial charge in [-0.25, -0.2) is 4.79 Å². The molecule has 0 aliphatic carbocycles. The van der Waals surface area contributed by atoms with E-state index in [1.807, 2.05) is 78.9 Å². The summed E-state index contributed by atoms with van der Waals surface area (Å²) in [5.74, 6) is -0.858. The van der Waals surface area contributed by atoms with Crippen molar-refractivity contribution in [2.75, 3.05) is 7.11 Å². The molecule has 0 aliphatic rings. The number of nitrogens with zero attached hydrogens (tertiary/aromatic N) is 1. The molecule has 1 amide bonds. The number of carbonyl (C=O) groups is 2. The van der Waals surface area contributed by atoms with Gasteiger partial charge in [-0.15, -0.1) is 0 Å². The van der Waals surface area contributed by atoms with Gasteiger partial charge < -0.3 is 10.1 Å². The molecule has 0 bridgehead atoms. The monoisotopic (exact) mass is 410 g/mol. The summed E-state index contributed by atoms with van der Waals surface area (Å²) >= 11 is 0.